The van der Waals surface area contributed by atoms with Crippen LogP contribution in [0.25, 0.3) is 11.0 Å². The Morgan fingerprint density at radius 2 is 1.94 bits per heavy atom. The SMILES string of the molecule is C[C@@H](N)c1nc2ccccc2n1C1CCCCC1. The lowest BCUT2D eigenvalue weighted by Gasteiger charge is -2.26. The van der Waals surface area contributed by atoms with Gasteiger partial charge in [-0.15, -0.1) is 0 Å². The Hall–Kier alpha value is -1.35. The van der Waals surface area contributed by atoms with Crippen LogP contribution < -0.4 is 5.73 Å². The summed E-state index contributed by atoms with van der Waals surface area (Å²) in [7, 11) is 0. The van der Waals surface area contributed by atoms with Gasteiger partial charge in [-0.3, -0.25) is 0 Å². The molecule has 1 fully saturated rings. The summed E-state index contributed by atoms with van der Waals surface area (Å²) in [6, 6.07) is 8.98. The first kappa shape index (κ1) is 11.7. The van der Waals surface area contributed by atoms with Crippen LogP contribution in [0.5, 0.6) is 0 Å². The maximum Gasteiger partial charge on any atom is 0.126 e. The van der Waals surface area contributed by atoms with Crippen molar-refractivity contribution in [1.82, 2.24) is 9.55 Å². The molecule has 0 spiro atoms. The molecule has 2 N–H and O–H groups in total. The van der Waals surface area contributed by atoms with Crippen molar-refractivity contribution in [3.8, 4) is 0 Å². The predicted molar refractivity (Wildman–Crippen MR) is 74.5 cm³/mol. The van der Waals surface area contributed by atoms with Crippen molar-refractivity contribution >= 4 is 11.0 Å². The Labute approximate surface area is 108 Å². The molecule has 96 valence electrons. The summed E-state index contributed by atoms with van der Waals surface area (Å²) >= 11 is 0. The summed E-state index contributed by atoms with van der Waals surface area (Å²) in [6.07, 6.45) is 6.56. The molecular formula is C15H21N3. The van der Waals surface area contributed by atoms with Gasteiger partial charge < -0.3 is 10.3 Å². The van der Waals surface area contributed by atoms with Gasteiger partial charge in [0.1, 0.15) is 5.82 Å². The van der Waals surface area contributed by atoms with Crippen molar-refractivity contribution in [2.45, 2.75) is 51.1 Å². The van der Waals surface area contributed by atoms with E-state index in [4.69, 9.17) is 10.7 Å². The average Bonchev–Trinajstić information content (AvgIpc) is 2.79. The molecule has 0 bridgehead atoms. The van der Waals surface area contributed by atoms with Gasteiger partial charge in [-0.2, -0.15) is 0 Å². The zero-order valence-corrected chi connectivity index (χ0v) is 11.0. The first-order chi connectivity index (χ1) is 8.77. The summed E-state index contributed by atoms with van der Waals surface area (Å²) in [5.74, 6) is 1.04. The molecule has 1 aliphatic rings. The number of nitrogens with two attached hydrogens (primary N) is 1. The van der Waals surface area contributed by atoms with E-state index >= 15 is 0 Å². The van der Waals surface area contributed by atoms with Crippen LogP contribution >= 0.6 is 0 Å². The number of nitrogens with zero attached hydrogens (tertiary/aromatic N) is 2. The third-order valence-corrected chi connectivity index (χ3v) is 3.97. The number of imidazole rings is 1. The standard InChI is InChI=1S/C15H21N3/c1-11(16)15-17-13-9-5-6-10-14(13)18(15)12-7-3-2-4-8-12/h5-6,9-12H,2-4,7-8,16H2,1H3/t11-/m1/s1. The number of para-hydroxylation sites is 2. The lowest BCUT2D eigenvalue weighted by Crippen LogP contribution is -2.19. The maximum atomic E-state index is 6.10. The third-order valence-electron chi connectivity index (χ3n) is 3.97. The minimum Gasteiger partial charge on any atom is -0.324 e. The fourth-order valence-corrected chi connectivity index (χ4v) is 3.11. The van der Waals surface area contributed by atoms with E-state index in [-0.39, 0.29) is 6.04 Å². The highest BCUT2D eigenvalue weighted by atomic mass is 15.1. The first-order valence-corrected chi connectivity index (χ1v) is 7.00. The van der Waals surface area contributed by atoms with Crippen LogP contribution in [-0.2, 0) is 0 Å². The topological polar surface area (TPSA) is 43.8 Å². The summed E-state index contributed by atoms with van der Waals surface area (Å²) in [5, 5.41) is 0. The van der Waals surface area contributed by atoms with Crippen LogP contribution in [0.4, 0.5) is 0 Å². The van der Waals surface area contributed by atoms with Gasteiger partial charge in [0.15, 0.2) is 0 Å². The second-order valence-electron chi connectivity index (χ2n) is 5.41. The van der Waals surface area contributed by atoms with E-state index in [1.54, 1.807) is 0 Å². The van der Waals surface area contributed by atoms with Gasteiger partial charge in [0.25, 0.3) is 0 Å². The first-order valence-electron chi connectivity index (χ1n) is 7.00. The van der Waals surface area contributed by atoms with Crippen molar-refractivity contribution in [1.29, 1.82) is 0 Å². The molecule has 3 heteroatoms. The Balaban J connectivity index is 2.14. The number of hydrogen-bond acceptors (Lipinski definition) is 2. The summed E-state index contributed by atoms with van der Waals surface area (Å²) in [5.41, 5.74) is 8.43. The van der Waals surface area contributed by atoms with E-state index in [9.17, 15) is 0 Å². The molecule has 0 amide bonds. The van der Waals surface area contributed by atoms with Crippen molar-refractivity contribution in [2.75, 3.05) is 0 Å². The fraction of sp³-hybridized carbons (Fsp3) is 0.533. The zero-order chi connectivity index (χ0) is 12.5. The van der Waals surface area contributed by atoms with Crippen LogP contribution in [0, 0.1) is 0 Å². The largest absolute Gasteiger partial charge is 0.324 e. The lowest BCUT2D eigenvalue weighted by atomic mass is 9.95. The van der Waals surface area contributed by atoms with Crippen LogP contribution in [0.3, 0.4) is 0 Å². The van der Waals surface area contributed by atoms with E-state index in [1.807, 2.05) is 13.0 Å². The van der Waals surface area contributed by atoms with Crippen molar-refractivity contribution in [3.63, 3.8) is 0 Å². The van der Waals surface area contributed by atoms with E-state index < -0.39 is 0 Å². The van der Waals surface area contributed by atoms with Gasteiger partial charge in [0.05, 0.1) is 17.1 Å². The Kier molecular flexibility index (Phi) is 3.08. The molecule has 0 unspecified atom stereocenters. The van der Waals surface area contributed by atoms with Gasteiger partial charge >= 0.3 is 0 Å². The zero-order valence-electron chi connectivity index (χ0n) is 11.0. The second kappa shape index (κ2) is 4.73. The Bertz CT molecular complexity index is 536. The summed E-state index contributed by atoms with van der Waals surface area (Å²) in [6.45, 7) is 2.03. The smallest absolute Gasteiger partial charge is 0.126 e. The molecule has 1 atom stereocenters. The number of hydrogen-bond donors (Lipinski definition) is 1. The van der Waals surface area contributed by atoms with E-state index in [0.29, 0.717) is 6.04 Å². The van der Waals surface area contributed by atoms with Crippen LogP contribution in [-0.4, -0.2) is 9.55 Å². The van der Waals surface area contributed by atoms with Gasteiger partial charge in [-0.25, -0.2) is 4.98 Å². The highest BCUT2D eigenvalue weighted by molar-refractivity contribution is 5.76. The average molecular weight is 243 g/mol. The van der Waals surface area contributed by atoms with Crippen molar-refractivity contribution in [3.05, 3.63) is 30.1 Å². The third kappa shape index (κ3) is 1.93. The molecular weight excluding hydrogens is 222 g/mol. The maximum absolute atomic E-state index is 6.10. The van der Waals surface area contributed by atoms with E-state index in [2.05, 4.69) is 22.8 Å². The molecule has 0 saturated heterocycles. The molecule has 1 saturated carbocycles. The normalized spacial score (nSPS) is 19.2. The number of rotatable bonds is 2. The highest BCUT2D eigenvalue weighted by Crippen LogP contribution is 2.33. The van der Waals surface area contributed by atoms with Gasteiger partial charge in [0, 0.05) is 6.04 Å². The minimum absolute atomic E-state index is 0.000624. The number of aromatic nitrogens is 2. The summed E-state index contributed by atoms with van der Waals surface area (Å²) < 4.78 is 2.40. The monoisotopic (exact) mass is 243 g/mol. The Morgan fingerprint density at radius 3 is 2.67 bits per heavy atom. The molecule has 18 heavy (non-hydrogen) atoms. The minimum atomic E-state index is -0.000624. The quantitative estimate of drug-likeness (QED) is 0.876. The van der Waals surface area contributed by atoms with Gasteiger partial charge in [0.2, 0.25) is 0 Å². The van der Waals surface area contributed by atoms with Crippen LogP contribution in [0.2, 0.25) is 0 Å². The molecule has 1 aromatic carbocycles. The fourth-order valence-electron chi connectivity index (χ4n) is 3.11. The van der Waals surface area contributed by atoms with Gasteiger partial charge in [-0.05, 0) is 31.9 Å². The van der Waals surface area contributed by atoms with Crippen LogP contribution in [0.15, 0.2) is 24.3 Å². The number of fused-ring (bicyclic) bond motifs is 1. The number of benzene rings is 1. The molecule has 2 aromatic rings. The molecule has 0 radical (unpaired) electrons. The van der Waals surface area contributed by atoms with Crippen molar-refractivity contribution in [2.24, 2.45) is 5.73 Å². The molecule has 1 aromatic heterocycles. The lowest BCUT2D eigenvalue weighted by molar-refractivity contribution is 0.348. The van der Waals surface area contributed by atoms with E-state index in [1.165, 1.54) is 37.6 Å². The molecule has 0 aliphatic heterocycles. The molecule has 1 aliphatic carbocycles. The molecule has 3 rings (SSSR count). The predicted octanol–water partition coefficient (Wildman–Crippen LogP) is 3.56. The van der Waals surface area contributed by atoms with E-state index in [0.717, 1.165) is 11.3 Å². The molecule has 1 heterocycles. The molecule has 3 nitrogen and oxygen atoms in total. The Morgan fingerprint density at radius 1 is 1.22 bits per heavy atom. The van der Waals surface area contributed by atoms with Crippen molar-refractivity contribution < 1.29 is 0 Å². The second-order valence-corrected chi connectivity index (χ2v) is 5.41. The summed E-state index contributed by atoms with van der Waals surface area (Å²) in [4.78, 5) is 4.73. The van der Waals surface area contributed by atoms with Gasteiger partial charge in [-0.1, -0.05) is 31.4 Å². The highest BCUT2D eigenvalue weighted by Gasteiger charge is 2.22. The van der Waals surface area contributed by atoms with Crippen LogP contribution in [0.1, 0.15) is 56.9 Å².